The quantitative estimate of drug-likeness (QED) is 0.763. The summed E-state index contributed by atoms with van der Waals surface area (Å²) in [6.07, 6.45) is 4.33. The van der Waals surface area contributed by atoms with E-state index in [1.807, 2.05) is 11.0 Å². The fourth-order valence-electron chi connectivity index (χ4n) is 3.97. The molecule has 1 amide bonds. The maximum Gasteiger partial charge on any atom is 0.226 e. The van der Waals surface area contributed by atoms with E-state index in [0.717, 1.165) is 69.7 Å². The van der Waals surface area contributed by atoms with Crippen LogP contribution in [0.5, 0.6) is 0 Å². The maximum absolute atomic E-state index is 12.9. The maximum atomic E-state index is 12.9. The third-order valence-corrected chi connectivity index (χ3v) is 5.57. The Morgan fingerprint density at radius 1 is 1.31 bits per heavy atom. The molecule has 142 valence electrons. The second-order valence-corrected chi connectivity index (χ2v) is 7.42. The lowest BCUT2D eigenvalue weighted by atomic mass is 9.96. The molecule has 0 N–H and O–H groups in total. The smallest absolute Gasteiger partial charge is 0.226 e. The number of aromatic nitrogens is 2. The van der Waals surface area contributed by atoms with Crippen LogP contribution in [0.25, 0.3) is 11.0 Å². The molecule has 1 fully saturated rings. The number of fused-ring (bicyclic) bond motifs is 1. The fourth-order valence-corrected chi connectivity index (χ4v) is 3.97. The third kappa shape index (κ3) is 4.09. The Balaban J connectivity index is 1.66. The van der Waals surface area contributed by atoms with Crippen LogP contribution in [0.15, 0.2) is 24.3 Å². The molecule has 0 saturated carbocycles. The number of para-hydroxylation sites is 2. The minimum absolute atomic E-state index is 0.134. The second-order valence-electron chi connectivity index (χ2n) is 7.42. The van der Waals surface area contributed by atoms with Gasteiger partial charge in [0.1, 0.15) is 5.82 Å². The molecule has 0 spiro atoms. The average molecular weight is 357 g/mol. The van der Waals surface area contributed by atoms with Crippen molar-refractivity contribution in [1.82, 2.24) is 19.4 Å². The number of piperidine rings is 1. The number of likely N-dealkylation sites (tertiary alicyclic amines) is 1. The first kappa shape index (κ1) is 18.9. The summed E-state index contributed by atoms with van der Waals surface area (Å²) in [4.78, 5) is 22.2. The van der Waals surface area contributed by atoms with Gasteiger partial charge in [0.25, 0.3) is 0 Å². The van der Waals surface area contributed by atoms with E-state index < -0.39 is 0 Å². The lowest BCUT2D eigenvalue weighted by molar-refractivity contribution is -0.137. The number of rotatable bonds is 7. The average Bonchev–Trinajstić information content (AvgIpc) is 2.98. The summed E-state index contributed by atoms with van der Waals surface area (Å²) in [7, 11) is 2.08. The van der Waals surface area contributed by atoms with Gasteiger partial charge < -0.3 is 9.47 Å². The molecular formula is C21H32N4O. The number of unbranched alkanes of at least 4 members (excludes halogenated alkanes) is 1. The molecule has 2 heterocycles. The van der Waals surface area contributed by atoms with Gasteiger partial charge in [-0.1, -0.05) is 25.5 Å². The predicted octanol–water partition coefficient (Wildman–Crippen LogP) is 3.43. The number of amides is 1. The zero-order valence-electron chi connectivity index (χ0n) is 16.4. The van der Waals surface area contributed by atoms with E-state index in [4.69, 9.17) is 4.98 Å². The van der Waals surface area contributed by atoms with Gasteiger partial charge in [-0.05, 0) is 44.9 Å². The molecule has 1 aromatic carbocycles. The summed E-state index contributed by atoms with van der Waals surface area (Å²) in [6.45, 7) is 8.70. The largest absolute Gasteiger partial charge is 0.343 e. The summed E-state index contributed by atoms with van der Waals surface area (Å²) >= 11 is 0. The monoisotopic (exact) mass is 356 g/mol. The number of benzene rings is 1. The van der Waals surface area contributed by atoms with E-state index in [2.05, 4.69) is 48.6 Å². The summed E-state index contributed by atoms with van der Waals surface area (Å²) in [5.41, 5.74) is 2.22. The molecule has 2 aromatic rings. The number of carbonyl (C=O) groups excluding carboxylic acids is 1. The molecule has 0 radical (unpaired) electrons. The first-order valence-corrected chi connectivity index (χ1v) is 10.1. The number of hydrogen-bond acceptors (Lipinski definition) is 3. The molecule has 1 aromatic heterocycles. The van der Waals surface area contributed by atoms with Crippen LogP contribution in [0, 0.1) is 5.92 Å². The summed E-state index contributed by atoms with van der Waals surface area (Å²) < 4.78 is 2.18. The Morgan fingerprint density at radius 2 is 2.12 bits per heavy atom. The number of nitrogens with zero attached hydrogens (tertiary/aromatic N) is 4. The van der Waals surface area contributed by atoms with Crippen LogP contribution in [0.3, 0.4) is 0 Å². The molecule has 0 aliphatic carbocycles. The van der Waals surface area contributed by atoms with Crippen LogP contribution < -0.4 is 0 Å². The van der Waals surface area contributed by atoms with Crippen molar-refractivity contribution in [2.24, 2.45) is 13.0 Å². The molecule has 1 atom stereocenters. The van der Waals surface area contributed by atoms with Gasteiger partial charge in [0.2, 0.25) is 5.91 Å². The van der Waals surface area contributed by atoms with Gasteiger partial charge in [-0.2, -0.15) is 0 Å². The van der Waals surface area contributed by atoms with Gasteiger partial charge in [0.15, 0.2) is 0 Å². The standard InChI is InChI=1S/C21H32N4O/c1-4-6-14-25(5-2)21(26)17-10-9-13-24(15-17)16-20-22-18-11-7-8-12-19(18)23(20)3/h7-8,11-12,17H,4-6,9-10,13-16H2,1-3H3/t17-/m0/s1. The minimum atomic E-state index is 0.134. The number of imidazole rings is 1. The molecular weight excluding hydrogens is 324 g/mol. The van der Waals surface area contributed by atoms with Crippen molar-refractivity contribution < 1.29 is 4.79 Å². The van der Waals surface area contributed by atoms with Crippen LogP contribution in [0.2, 0.25) is 0 Å². The summed E-state index contributed by atoms with van der Waals surface area (Å²) in [5.74, 6) is 1.56. The van der Waals surface area contributed by atoms with Gasteiger partial charge in [-0.15, -0.1) is 0 Å². The first-order chi connectivity index (χ1) is 12.6. The van der Waals surface area contributed by atoms with Crippen molar-refractivity contribution in [2.45, 2.75) is 46.1 Å². The Kier molecular flexibility index (Phi) is 6.30. The molecule has 3 rings (SSSR count). The number of hydrogen-bond donors (Lipinski definition) is 0. The SMILES string of the molecule is CCCCN(CC)C(=O)[C@H]1CCCN(Cc2nc3ccccc3n2C)C1. The molecule has 26 heavy (non-hydrogen) atoms. The summed E-state index contributed by atoms with van der Waals surface area (Å²) in [5, 5.41) is 0. The zero-order chi connectivity index (χ0) is 18.5. The van der Waals surface area contributed by atoms with Crippen LogP contribution in [-0.2, 0) is 18.4 Å². The van der Waals surface area contributed by atoms with Gasteiger partial charge in [-0.25, -0.2) is 4.98 Å². The Morgan fingerprint density at radius 3 is 2.85 bits per heavy atom. The van der Waals surface area contributed by atoms with E-state index in [9.17, 15) is 4.79 Å². The molecule has 0 unspecified atom stereocenters. The van der Waals surface area contributed by atoms with Crippen LogP contribution in [0.1, 0.15) is 45.4 Å². The lowest BCUT2D eigenvalue weighted by Gasteiger charge is -2.34. The highest BCUT2D eigenvalue weighted by molar-refractivity contribution is 5.79. The summed E-state index contributed by atoms with van der Waals surface area (Å²) in [6, 6.07) is 8.26. The highest BCUT2D eigenvalue weighted by Gasteiger charge is 2.29. The van der Waals surface area contributed by atoms with Crippen molar-refractivity contribution in [3.63, 3.8) is 0 Å². The zero-order valence-corrected chi connectivity index (χ0v) is 16.4. The molecule has 1 aliphatic heterocycles. The van der Waals surface area contributed by atoms with Crippen LogP contribution in [-0.4, -0.2) is 51.4 Å². The fraction of sp³-hybridized carbons (Fsp3) is 0.619. The van der Waals surface area contributed by atoms with Crippen molar-refractivity contribution >= 4 is 16.9 Å². The second kappa shape index (κ2) is 8.67. The van der Waals surface area contributed by atoms with E-state index >= 15 is 0 Å². The Bertz CT molecular complexity index is 739. The minimum Gasteiger partial charge on any atom is -0.343 e. The number of aryl methyl sites for hydroxylation is 1. The normalized spacial score (nSPS) is 18.3. The third-order valence-electron chi connectivity index (χ3n) is 5.57. The molecule has 5 nitrogen and oxygen atoms in total. The Hall–Kier alpha value is -1.88. The molecule has 5 heteroatoms. The van der Waals surface area contributed by atoms with Gasteiger partial charge in [-0.3, -0.25) is 9.69 Å². The predicted molar refractivity (Wildman–Crippen MR) is 106 cm³/mol. The lowest BCUT2D eigenvalue weighted by Crippen LogP contribution is -2.45. The van der Waals surface area contributed by atoms with E-state index in [1.54, 1.807) is 0 Å². The van der Waals surface area contributed by atoms with Crippen LogP contribution in [0.4, 0.5) is 0 Å². The first-order valence-electron chi connectivity index (χ1n) is 10.1. The highest BCUT2D eigenvalue weighted by atomic mass is 16.2. The molecule has 0 bridgehead atoms. The van der Waals surface area contributed by atoms with Crippen molar-refractivity contribution in [3.05, 3.63) is 30.1 Å². The van der Waals surface area contributed by atoms with Crippen molar-refractivity contribution in [2.75, 3.05) is 26.2 Å². The highest BCUT2D eigenvalue weighted by Crippen LogP contribution is 2.22. The van der Waals surface area contributed by atoms with Crippen molar-refractivity contribution in [1.29, 1.82) is 0 Å². The Labute approximate surface area is 157 Å². The van der Waals surface area contributed by atoms with Crippen molar-refractivity contribution in [3.8, 4) is 0 Å². The molecule has 1 aliphatic rings. The van der Waals surface area contributed by atoms with Gasteiger partial charge in [0.05, 0.1) is 23.5 Å². The van der Waals surface area contributed by atoms with Gasteiger partial charge >= 0.3 is 0 Å². The van der Waals surface area contributed by atoms with E-state index in [1.165, 1.54) is 5.52 Å². The van der Waals surface area contributed by atoms with Crippen LogP contribution >= 0.6 is 0 Å². The van der Waals surface area contributed by atoms with E-state index in [-0.39, 0.29) is 5.92 Å². The van der Waals surface area contributed by atoms with Gasteiger partial charge in [0, 0.05) is 26.7 Å². The topological polar surface area (TPSA) is 41.4 Å². The molecule has 1 saturated heterocycles. The van der Waals surface area contributed by atoms with E-state index in [0.29, 0.717) is 5.91 Å². The number of carbonyl (C=O) groups is 1.